The number of fused-ring (bicyclic) bond motifs is 1. The van der Waals surface area contributed by atoms with Crippen LogP contribution in [0, 0.1) is 5.82 Å². The van der Waals surface area contributed by atoms with Gasteiger partial charge < -0.3 is 18.9 Å². The first-order valence-electron chi connectivity index (χ1n) is 10.2. The molecule has 0 atom stereocenters. The SMILES string of the molecule is CCOC(=O)CCCOc1ccc(-c2cccc3c2OC2(CCCC2)O3)cc1F. The highest BCUT2D eigenvalue weighted by Gasteiger charge is 2.44. The molecule has 1 saturated carbocycles. The highest BCUT2D eigenvalue weighted by atomic mass is 19.1. The summed E-state index contributed by atoms with van der Waals surface area (Å²) >= 11 is 0. The molecule has 2 aromatic rings. The quantitative estimate of drug-likeness (QED) is 0.469. The number of benzene rings is 2. The molecule has 0 bridgehead atoms. The minimum Gasteiger partial charge on any atom is -0.491 e. The van der Waals surface area contributed by atoms with E-state index < -0.39 is 11.6 Å². The summed E-state index contributed by atoms with van der Waals surface area (Å²) in [5.74, 6) is 0.271. The molecule has 154 valence electrons. The Morgan fingerprint density at radius 2 is 2.00 bits per heavy atom. The van der Waals surface area contributed by atoms with Crippen LogP contribution in [-0.4, -0.2) is 25.0 Å². The van der Waals surface area contributed by atoms with Crippen LogP contribution >= 0.6 is 0 Å². The van der Waals surface area contributed by atoms with E-state index in [4.69, 9.17) is 18.9 Å². The molecule has 2 aromatic carbocycles. The summed E-state index contributed by atoms with van der Waals surface area (Å²) < 4.78 is 37.3. The van der Waals surface area contributed by atoms with Gasteiger partial charge in [-0.1, -0.05) is 18.2 Å². The second-order valence-corrected chi connectivity index (χ2v) is 7.36. The molecule has 1 aliphatic carbocycles. The number of esters is 1. The third-order valence-electron chi connectivity index (χ3n) is 5.26. The summed E-state index contributed by atoms with van der Waals surface area (Å²) in [5.41, 5.74) is 1.51. The molecule has 1 heterocycles. The number of hydrogen-bond donors (Lipinski definition) is 0. The van der Waals surface area contributed by atoms with Crippen molar-refractivity contribution in [3.8, 4) is 28.4 Å². The fourth-order valence-corrected chi connectivity index (χ4v) is 3.87. The van der Waals surface area contributed by atoms with Crippen molar-refractivity contribution >= 4 is 5.97 Å². The molecule has 1 fully saturated rings. The number of carbonyl (C=O) groups is 1. The first-order valence-corrected chi connectivity index (χ1v) is 10.2. The summed E-state index contributed by atoms with van der Waals surface area (Å²) in [6.45, 7) is 2.36. The van der Waals surface area contributed by atoms with E-state index >= 15 is 0 Å². The first-order chi connectivity index (χ1) is 14.1. The minimum absolute atomic E-state index is 0.162. The van der Waals surface area contributed by atoms with Crippen LogP contribution in [0.3, 0.4) is 0 Å². The van der Waals surface area contributed by atoms with Crippen LogP contribution in [-0.2, 0) is 9.53 Å². The summed E-state index contributed by atoms with van der Waals surface area (Å²) in [7, 11) is 0. The highest BCUT2D eigenvalue weighted by molar-refractivity contribution is 5.75. The summed E-state index contributed by atoms with van der Waals surface area (Å²) in [5, 5.41) is 0. The molecule has 0 amide bonds. The Morgan fingerprint density at radius 3 is 2.76 bits per heavy atom. The molecule has 5 nitrogen and oxygen atoms in total. The topological polar surface area (TPSA) is 54.0 Å². The van der Waals surface area contributed by atoms with Crippen LogP contribution < -0.4 is 14.2 Å². The monoisotopic (exact) mass is 400 g/mol. The molecule has 0 aromatic heterocycles. The number of rotatable bonds is 7. The van der Waals surface area contributed by atoms with Crippen molar-refractivity contribution in [3.63, 3.8) is 0 Å². The molecule has 29 heavy (non-hydrogen) atoms. The predicted molar refractivity (Wildman–Crippen MR) is 106 cm³/mol. The van der Waals surface area contributed by atoms with E-state index in [1.165, 1.54) is 6.07 Å². The van der Waals surface area contributed by atoms with Crippen LogP contribution in [0.1, 0.15) is 45.4 Å². The number of ether oxygens (including phenoxy) is 4. The first kappa shape index (κ1) is 19.6. The normalized spacial score (nSPS) is 16.2. The van der Waals surface area contributed by atoms with Crippen LogP contribution in [0.2, 0.25) is 0 Å². The average Bonchev–Trinajstić information content (AvgIpc) is 3.32. The zero-order valence-electron chi connectivity index (χ0n) is 16.5. The average molecular weight is 400 g/mol. The van der Waals surface area contributed by atoms with Crippen molar-refractivity contribution in [2.75, 3.05) is 13.2 Å². The number of para-hydroxylation sites is 1. The van der Waals surface area contributed by atoms with Gasteiger partial charge in [0.1, 0.15) is 0 Å². The van der Waals surface area contributed by atoms with Gasteiger partial charge in [-0.3, -0.25) is 4.79 Å². The van der Waals surface area contributed by atoms with Crippen molar-refractivity contribution in [2.45, 2.75) is 51.2 Å². The van der Waals surface area contributed by atoms with Crippen LogP contribution in [0.15, 0.2) is 36.4 Å². The predicted octanol–water partition coefficient (Wildman–Crippen LogP) is 5.26. The molecule has 0 N–H and O–H groups in total. The standard InChI is InChI=1S/C23H25FO5/c1-2-26-21(25)9-6-14-27-19-11-10-16(15-18(19)24)17-7-5-8-20-22(17)29-23(28-20)12-3-4-13-23/h5,7-8,10-11,15H,2-4,6,9,12-14H2,1H3. The van der Waals surface area contributed by atoms with E-state index in [2.05, 4.69) is 0 Å². The molecule has 0 radical (unpaired) electrons. The van der Waals surface area contributed by atoms with Crippen LogP contribution in [0.4, 0.5) is 4.39 Å². The Hall–Kier alpha value is -2.76. The molecule has 6 heteroatoms. The fourth-order valence-electron chi connectivity index (χ4n) is 3.87. The van der Waals surface area contributed by atoms with Gasteiger partial charge in [-0.2, -0.15) is 0 Å². The lowest BCUT2D eigenvalue weighted by atomic mass is 10.0. The Labute approximate surface area is 169 Å². The Kier molecular flexibility index (Phi) is 5.60. The smallest absolute Gasteiger partial charge is 0.305 e. The van der Waals surface area contributed by atoms with Crippen molar-refractivity contribution in [1.82, 2.24) is 0 Å². The maximum absolute atomic E-state index is 14.6. The molecule has 4 rings (SSSR count). The second-order valence-electron chi connectivity index (χ2n) is 7.36. The Morgan fingerprint density at radius 1 is 1.17 bits per heavy atom. The fraction of sp³-hybridized carbons (Fsp3) is 0.435. The third-order valence-corrected chi connectivity index (χ3v) is 5.26. The van der Waals surface area contributed by atoms with E-state index in [-0.39, 0.29) is 24.7 Å². The second kappa shape index (κ2) is 8.31. The van der Waals surface area contributed by atoms with Gasteiger partial charge in [-0.25, -0.2) is 4.39 Å². The largest absolute Gasteiger partial charge is 0.491 e. The summed E-state index contributed by atoms with van der Waals surface area (Å²) in [6.07, 6.45) is 4.63. The van der Waals surface area contributed by atoms with Crippen molar-refractivity contribution in [1.29, 1.82) is 0 Å². The Balaban J connectivity index is 1.44. The lowest BCUT2D eigenvalue weighted by molar-refractivity contribution is -0.143. The highest BCUT2D eigenvalue weighted by Crippen LogP contribution is 2.50. The van der Waals surface area contributed by atoms with Gasteiger partial charge in [0.2, 0.25) is 0 Å². The van der Waals surface area contributed by atoms with E-state index in [0.717, 1.165) is 31.2 Å². The summed E-state index contributed by atoms with van der Waals surface area (Å²) in [6, 6.07) is 10.6. The van der Waals surface area contributed by atoms with Crippen molar-refractivity contribution in [2.24, 2.45) is 0 Å². The van der Waals surface area contributed by atoms with Gasteiger partial charge in [-0.05, 0) is 49.9 Å². The van der Waals surface area contributed by atoms with Gasteiger partial charge >= 0.3 is 5.97 Å². The van der Waals surface area contributed by atoms with Gasteiger partial charge in [0.05, 0.1) is 13.2 Å². The van der Waals surface area contributed by atoms with Crippen molar-refractivity contribution < 1.29 is 28.1 Å². The number of halogens is 1. The molecule has 0 saturated heterocycles. The zero-order valence-corrected chi connectivity index (χ0v) is 16.5. The van der Waals surface area contributed by atoms with Crippen LogP contribution in [0.25, 0.3) is 11.1 Å². The number of hydrogen-bond acceptors (Lipinski definition) is 5. The lowest BCUT2D eigenvalue weighted by Gasteiger charge is -2.21. The zero-order chi connectivity index (χ0) is 20.3. The third kappa shape index (κ3) is 4.16. The van der Waals surface area contributed by atoms with E-state index in [1.54, 1.807) is 13.0 Å². The Bertz CT molecular complexity index is 889. The van der Waals surface area contributed by atoms with E-state index in [0.29, 0.717) is 30.1 Å². The molecule has 1 aliphatic heterocycles. The van der Waals surface area contributed by atoms with Gasteiger partial charge in [0.25, 0.3) is 5.79 Å². The molecule has 1 spiro atoms. The van der Waals surface area contributed by atoms with Crippen molar-refractivity contribution in [3.05, 3.63) is 42.2 Å². The lowest BCUT2D eigenvalue weighted by Crippen LogP contribution is -2.34. The molecule has 0 unspecified atom stereocenters. The van der Waals surface area contributed by atoms with Gasteiger partial charge in [0.15, 0.2) is 23.1 Å². The van der Waals surface area contributed by atoms with E-state index in [1.807, 2.05) is 24.3 Å². The molecule has 2 aliphatic rings. The minimum atomic E-state index is -0.557. The molecular formula is C23H25FO5. The van der Waals surface area contributed by atoms with Gasteiger partial charge in [-0.15, -0.1) is 0 Å². The summed E-state index contributed by atoms with van der Waals surface area (Å²) in [4.78, 5) is 11.3. The maximum atomic E-state index is 14.6. The van der Waals surface area contributed by atoms with Crippen LogP contribution in [0.5, 0.6) is 17.2 Å². The van der Waals surface area contributed by atoms with E-state index in [9.17, 15) is 9.18 Å². The maximum Gasteiger partial charge on any atom is 0.305 e. The molecular weight excluding hydrogens is 375 g/mol. The number of carbonyl (C=O) groups excluding carboxylic acids is 1. The van der Waals surface area contributed by atoms with Gasteiger partial charge in [0, 0.05) is 24.8 Å².